The molecule has 1 aliphatic heterocycles. The first-order valence-corrected chi connectivity index (χ1v) is 5.48. The van der Waals surface area contributed by atoms with Crippen molar-refractivity contribution in [3.05, 3.63) is 28.0 Å². The number of ether oxygens (including phenoxy) is 1. The first-order valence-electron chi connectivity index (χ1n) is 4.68. The lowest BCUT2D eigenvalue weighted by molar-refractivity contribution is 0.0261. The number of aromatic hydroxyl groups is 1. The fraction of sp³-hybridized carbons (Fsp3) is 0.400. The number of halogens is 2. The lowest BCUT2D eigenvalue weighted by atomic mass is 10.1. The second-order valence-corrected chi connectivity index (χ2v) is 4.24. The highest BCUT2D eigenvalue weighted by molar-refractivity contribution is 9.10. The number of nitrogens with one attached hydrogen (secondary N) is 1. The van der Waals surface area contributed by atoms with E-state index in [1.165, 1.54) is 12.1 Å². The van der Waals surface area contributed by atoms with Crippen LogP contribution in [0.1, 0.15) is 11.7 Å². The number of hydrogen-bond donors (Lipinski definition) is 2. The molecule has 0 spiro atoms. The number of rotatable bonds is 1. The summed E-state index contributed by atoms with van der Waals surface area (Å²) in [6.07, 6.45) is -0.277. The average Bonchev–Trinajstić information content (AvgIpc) is 2.25. The molecule has 1 heterocycles. The Hall–Kier alpha value is -0.650. The highest BCUT2D eigenvalue weighted by Crippen LogP contribution is 2.32. The van der Waals surface area contributed by atoms with Crippen molar-refractivity contribution < 1.29 is 14.2 Å². The summed E-state index contributed by atoms with van der Waals surface area (Å²) in [6.45, 7) is 1.95. The molecule has 0 bridgehead atoms. The van der Waals surface area contributed by atoms with Crippen molar-refractivity contribution in [1.82, 2.24) is 5.32 Å². The van der Waals surface area contributed by atoms with Gasteiger partial charge in [-0.05, 0) is 28.1 Å². The van der Waals surface area contributed by atoms with Gasteiger partial charge in [0.05, 0.1) is 17.2 Å². The highest BCUT2D eigenvalue weighted by Gasteiger charge is 2.20. The molecule has 2 rings (SSSR count). The van der Waals surface area contributed by atoms with E-state index in [-0.39, 0.29) is 16.3 Å². The van der Waals surface area contributed by atoms with Crippen LogP contribution < -0.4 is 5.32 Å². The van der Waals surface area contributed by atoms with Crippen LogP contribution in [0.4, 0.5) is 4.39 Å². The molecule has 1 saturated heterocycles. The van der Waals surface area contributed by atoms with Gasteiger partial charge >= 0.3 is 0 Å². The number of morpholine rings is 1. The van der Waals surface area contributed by atoms with Crippen LogP contribution in [0.3, 0.4) is 0 Å². The molecule has 1 aliphatic rings. The van der Waals surface area contributed by atoms with Gasteiger partial charge in [0.15, 0.2) is 0 Å². The van der Waals surface area contributed by atoms with Gasteiger partial charge in [0.25, 0.3) is 0 Å². The summed E-state index contributed by atoms with van der Waals surface area (Å²) < 4.78 is 19.0. The summed E-state index contributed by atoms with van der Waals surface area (Å²) in [5, 5.41) is 12.8. The normalized spacial score (nSPS) is 21.6. The number of phenols is 1. The van der Waals surface area contributed by atoms with E-state index in [0.717, 1.165) is 6.54 Å². The molecule has 0 aromatic heterocycles. The number of benzene rings is 1. The first kappa shape index (κ1) is 10.9. The van der Waals surface area contributed by atoms with Gasteiger partial charge in [0.1, 0.15) is 11.6 Å². The van der Waals surface area contributed by atoms with Gasteiger partial charge in [0.2, 0.25) is 0 Å². The summed E-state index contributed by atoms with van der Waals surface area (Å²) >= 11 is 3.01. The molecule has 1 fully saturated rings. The standard InChI is InChI=1S/C10H11BrFNO2/c11-7-4-9(14)6(3-8(7)12)10-5-13-1-2-15-10/h3-4,10,13-14H,1-2,5H2. The Kier molecular flexibility index (Phi) is 3.23. The second kappa shape index (κ2) is 4.47. The zero-order valence-electron chi connectivity index (χ0n) is 7.96. The van der Waals surface area contributed by atoms with E-state index in [1.807, 2.05) is 0 Å². The van der Waals surface area contributed by atoms with Crippen LogP contribution >= 0.6 is 15.9 Å². The molecular weight excluding hydrogens is 265 g/mol. The SMILES string of the molecule is Oc1cc(Br)c(F)cc1C1CNCCO1. The zero-order chi connectivity index (χ0) is 10.8. The third kappa shape index (κ3) is 2.30. The van der Waals surface area contributed by atoms with E-state index in [4.69, 9.17) is 4.74 Å². The molecule has 0 saturated carbocycles. The van der Waals surface area contributed by atoms with Crippen LogP contribution in [0.5, 0.6) is 5.75 Å². The van der Waals surface area contributed by atoms with E-state index in [2.05, 4.69) is 21.2 Å². The molecule has 2 N–H and O–H groups in total. The zero-order valence-corrected chi connectivity index (χ0v) is 9.55. The fourth-order valence-electron chi connectivity index (χ4n) is 1.57. The highest BCUT2D eigenvalue weighted by atomic mass is 79.9. The quantitative estimate of drug-likeness (QED) is 0.823. The maximum Gasteiger partial charge on any atom is 0.138 e. The van der Waals surface area contributed by atoms with E-state index in [0.29, 0.717) is 18.7 Å². The molecule has 0 aliphatic carbocycles. The molecule has 82 valence electrons. The fourth-order valence-corrected chi connectivity index (χ4v) is 1.91. The van der Waals surface area contributed by atoms with E-state index in [1.54, 1.807) is 0 Å². The average molecular weight is 276 g/mol. The second-order valence-electron chi connectivity index (χ2n) is 3.39. The minimum Gasteiger partial charge on any atom is -0.508 e. The first-order chi connectivity index (χ1) is 7.18. The lowest BCUT2D eigenvalue weighted by Crippen LogP contribution is -2.33. The third-order valence-electron chi connectivity index (χ3n) is 2.34. The van der Waals surface area contributed by atoms with E-state index >= 15 is 0 Å². The molecular formula is C10H11BrFNO2. The Labute approximate surface area is 95.4 Å². The van der Waals surface area contributed by atoms with Crippen LogP contribution in [0.15, 0.2) is 16.6 Å². The van der Waals surface area contributed by atoms with Gasteiger partial charge in [-0.25, -0.2) is 4.39 Å². The van der Waals surface area contributed by atoms with E-state index in [9.17, 15) is 9.50 Å². The maximum absolute atomic E-state index is 13.3. The summed E-state index contributed by atoms with van der Waals surface area (Å²) in [5.41, 5.74) is 0.489. The van der Waals surface area contributed by atoms with Crippen LogP contribution in [0, 0.1) is 5.82 Å². The predicted molar refractivity (Wildman–Crippen MR) is 57.3 cm³/mol. The van der Waals surface area contributed by atoms with Gasteiger partial charge in [-0.2, -0.15) is 0 Å². The van der Waals surface area contributed by atoms with Crippen LogP contribution in [0.25, 0.3) is 0 Å². The summed E-state index contributed by atoms with van der Waals surface area (Å²) in [7, 11) is 0. The molecule has 1 atom stereocenters. The van der Waals surface area contributed by atoms with Crippen molar-refractivity contribution in [2.45, 2.75) is 6.10 Å². The monoisotopic (exact) mass is 275 g/mol. The number of phenolic OH excluding ortho intramolecular Hbond substituents is 1. The van der Waals surface area contributed by atoms with E-state index < -0.39 is 5.82 Å². The maximum atomic E-state index is 13.3. The molecule has 1 unspecified atom stereocenters. The predicted octanol–water partition coefficient (Wildman–Crippen LogP) is 1.95. The molecule has 0 radical (unpaired) electrons. The molecule has 0 amide bonds. The summed E-state index contributed by atoms with van der Waals surface area (Å²) in [5.74, 6) is -0.339. The minimum atomic E-state index is -0.392. The summed E-state index contributed by atoms with van der Waals surface area (Å²) in [4.78, 5) is 0. The largest absolute Gasteiger partial charge is 0.508 e. The van der Waals surface area contributed by atoms with Gasteiger partial charge < -0.3 is 15.2 Å². The molecule has 3 nitrogen and oxygen atoms in total. The van der Waals surface area contributed by atoms with Crippen molar-refractivity contribution in [1.29, 1.82) is 0 Å². The van der Waals surface area contributed by atoms with Gasteiger partial charge in [0, 0.05) is 18.7 Å². The molecule has 15 heavy (non-hydrogen) atoms. The minimum absolute atomic E-state index is 0.0528. The van der Waals surface area contributed by atoms with Crippen molar-refractivity contribution in [2.75, 3.05) is 19.7 Å². The lowest BCUT2D eigenvalue weighted by Gasteiger charge is -2.24. The number of hydrogen-bond acceptors (Lipinski definition) is 3. The van der Waals surface area contributed by atoms with Crippen molar-refractivity contribution >= 4 is 15.9 Å². The van der Waals surface area contributed by atoms with Crippen molar-refractivity contribution in [3.63, 3.8) is 0 Å². The van der Waals surface area contributed by atoms with Gasteiger partial charge in [-0.15, -0.1) is 0 Å². The van der Waals surface area contributed by atoms with Gasteiger partial charge in [-0.3, -0.25) is 0 Å². The summed E-state index contributed by atoms with van der Waals surface area (Å²) in [6, 6.07) is 2.65. The topological polar surface area (TPSA) is 41.5 Å². The third-order valence-corrected chi connectivity index (χ3v) is 2.95. The van der Waals surface area contributed by atoms with Crippen molar-refractivity contribution in [3.8, 4) is 5.75 Å². The molecule has 5 heteroatoms. The van der Waals surface area contributed by atoms with Crippen molar-refractivity contribution in [2.24, 2.45) is 0 Å². The van der Waals surface area contributed by atoms with Crippen LogP contribution in [-0.2, 0) is 4.74 Å². The van der Waals surface area contributed by atoms with Gasteiger partial charge in [-0.1, -0.05) is 0 Å². The molecule has 1 aromatic rings. The van der Waals surface area contributed by atoms with Crippen LogP contribution in [-0.4, -0.2) is 24.8 Å². The Bertz CT molecular complexity index is 367. The Morgan fingerprint density at radius 3 is 3.00 bits per heavy atom. The Morgan fingerprint density at radius 1 is 1.53 bits per heavy atom. The Morgan fingerprint density at radius 2 is 2.33 bits per heavy atom. The molecule has 1 aromatic carbocycles. The Balaban J connectivity index is 2.30. The van der Waals surface area contributed by atoms with Crippen LogP contribution in [0.2, 0.25) is 0 Å². The smallest absolute Gasteiger partial charge is 0.138 e.